The van der Waals surface area contributed by atoms with E-state index in [4.69, 9.17) is 4.52 Å². The van der Waals surface area contributed by atoms with Gasteiger partial charge in [0.1, 0.15) is 12.5 Å². The fraction of sp³-hybridized carbons (Fsp3) is 0.500. The minimum absolute atomic E-state index is 0.0646. The first kappa shape index (κ1) is 16.5. The van der Waals surface area contributed by atoms with Crippen LogP contribution < -0.4 is 0 Å². The molecule has 0 atom stereocenters. The zero-order valence-corrected chi connectivity index (χ0v) is 12.5. The van der Waals surface area contributed by atoms with E-state index in [-0.39, 0.29) is 5.92 Å². The summed E-state index contributed by atoms with van der Waals surface area (Å²) in [5, 5.41) is 6.52. The second-order valence-electron chi connectivity index (χ2n) is 5.10. The SMILES string of the molecule is CC(C)c1nocc1CS(=O)(=O)Cc1conc1C(F)(F)F. The molecule has 0 fully saturated rings. The molecule has 0 aliphatic carbocycles. The molecule has 2 aromatic heterocycles. The molecule has 0 spiro atoms. The van der Waals surface area contributed by atoms with Crippen molar-refractivity contribution in [1.82, 2.24) is 10.3 Å². The van der Waals surface area contributed by atoms with Crippen LogP contribution in [-0.2, 0) is 27.5 Å². The monoisotopic (exact) mass is 338 g/mol. The van der Waals surface area contributed by atoms with E-state index in [1.807, 2.05) is 0 Å². The summed E-state index contributed by atoms with van der Waals surface area (Å²) >= 11 is 0. The van der Waals surface area contributed by atoms with Gasteiger partial charge in [0.05, 0.1) is 17.2 Å². The van der Waals surface area contributed by atoms with Gasteiger partial charge in [-0.2, -0.15) is 13.2 Å². The molecule has 10 heteroatoms. The third kappa shape index (κ3) is 3.67. The van der Waals surface area contributed by atoms with Gasteiger partial charge in [-0.25, -0.2) is 8.42 Å². The van der Waals surface area contributed by atoms with Gasteiger partial charge < -0.3 is 9.05 Å². The maximum Gasteiger partial charge on any atom is 0.437 e. The van der Waals surface area contributed by atoms with Crippen molar-refractivity contribution in [3.63, 3.8) is 0 Å². The lowest BCUT2D eigenvalue weighted by Gasteiger charge is -2.07. The van der Waals surface area contributed by atoms with Crippen LogP contribution in [0.2, 0.25) is 0 Å². The first-order valence-corrected chi connectivity index (χ1v) is 8.06. The Balaban J connectivity index is 2.22. The van der Waals surface area contributed by atoms with Crippen LogP contribution in [0.3, 0.4) is 0 Å². The number of nitrogens with zero attached hydrogens (tertiary/aromatic N) is 2. The van der Waals surface area contributed by atoms with Crippen LogP contribution in [0.25, 0.3) is 0 Å². The molecule has 6 nitrogen and oxygen atoms in total. The van der Waals surface area contributed by atoms with E-state index in [1.165, 1.54) is 6.26 Å². The number of rotatable bonds is 5. The van der Waals surface area contributed by atoms with E-state index in [2.05, 4.69) is 14.8 Å². The molecule has 2 rings (SSSR count). The van der Waals surface area contributed by atoms with E-state index in [1.54, 1.807) is 13.8 Å². The van der Waals surface area contributed by atoms with E-state index < -0.39 is 38.8 Å². The van der Waals surface area contributed by atoms with Gasteiger partial charge in [-0.3, -0.25) is 0 Å². The third-order valence-electron chi connectivity index (χ3n) is 2.88. The molecule has 2 aromatic rings. The van der Waals surface area contributed by atoms with Crippen LogP contribution in [0.15, 0.2) is 21.6 Å². The lowest BCUT2D eigenvalue weighted by atomic mass is 10.1. The Labute approximate surface area is 124 Å². The molecule has 2 heterocycles. The fourth-order valence-electron chi connectivity index (χ4n) is 1.97. The molecule has 0 unspecified atom stereocenters. The second kappa shape index (κ2) is 5.75. The molecule has 122 valence electrons. The molecule has 0 saturated carbocycles. The number of hydrogen-bond acceptors (Lipinski definition) is 6. The Hall–Kier alpha value is -1.84. The summed E-state index contributed by atoms with van der Waals surface area (Å²) in [7, 11) is -3.87. The fourth-order valence-corrected chi connectivity index (χ4v) is 3.44. The average Bonchev–Trinajstić information content (AvgIpc) is 2.95. The normalized spacial score (nSPS) is 13.0. The van der Waals surface area contributed by atoms with Crippen LogP contribution in [0.1, 0.15) is 42.3 Å². The summed E-state index contributed by atoms with van der Waals surface area (Å²) in [6.45, 7) is 3.60. The highest BCUT2D eigenvalue weighted by Gasteiger charge is 2.38. The summed E-state index contributed by atoms with van der Waals surface area (Å²) in [4.78, 5) is 0. The van der Waals surface area contributed by atoms with Crippen molar-refractivity contribution in [2.24, 2.45) is 0 Å². The maximum absolute atomic E-state index is 12.7. The van der Waals surface area contributed by atoms with E-state index >= 15 is 0 Å². The van der Waals surface area contributed by atoms with E-state index in [0.717, 1.165) is 0 Å². The summed E-state index contributed by atoms with van der Waals surface area (Å²) < 4.78 is 71.2. The topological polar surface area (TPSA) is 86.2 Å². The van der Waals surface area contributed by atoms with Crippen LogP contribution in [0.5, 0.6) is 0 Å². The highest BCUT2D eigenvalue weighted by atomic mass is 32.2. The lowest BCUT2D eigenvalue weighted by molar-refractivity contribution is -0.143. The molecule has 0 N–H and O–H groups in total. The first-order chi connectivity index (χ1) is 10.1. The predicted octanol–water partition coefficient (Wildman–Crippen LogP) is 2.92. The first-order valence-electron chi connectivity index (χ1n) is 6.24. The maximum atomic E-state index is 12.7. The zero-order chi connectivity index (χ0) is 16.5. The van der Waals surface area contributed by atoms with Gasteiger partial charge in [0, 0.05) is 11.1 Å². The summed E-state index contributed by atoms with van der Waals surface area (Å²) in [5.74, 6) is -1.36. The van der Waals surface area contributed by atoms with Gasteiger partial charge in [-0.1, -0.05) is 24.2 Å². The average molecular weight is 338 g/mol. The minimum Gasteiger partial charge on any atom is -0.364 e. The van der Waals surface area contributed by atoms with Crippen LogP contribution in [0.4, 0.5) is 13.2 Å². The standard InChI is InChI=1S/C12H13F3N2O4S/c1-7(2)10-8(3-20-16-10)5-22(18,19)6-9-4-21-17-11(9)12(13,14)15/h3-4,7H,5-6H2,1-2H3. The van der Waals surface area contributed by atoms with Gasteiger partial charge in [-0.05, 0) is 5.92 Å². The molecule has 0 aliphatic heterocycles. The highest BCUT2D eigenvalue weighted by Crippen LogP contribution is 2.32. The summed E-state index contributed by atoms with van der Waals surface area (Å²) in [5.41, 5.74) is -1.05. The number of halogens is 3. The molecule has 0 aromatic carbocycles. The Morgan fingerprint density at radius 1 is 1.09 bits per heavy atom. The van der Waals surface area contributed by atoms with Crippen molar-refractivity contribution in [2.45, 2.75) is 37.4 Å². The summed E-state index contributed by atoms with van der Waals surface area (Å²) in [6, 6.07) is 0. The molecule has 0 radical (unpaired) electrons. The quantitative estimate of drug-likeness (QED) is 0.833. The van der Waals surface area contributed by atoms with Crippen molar-refractivity contribution < 1.29 is 30.6 Å². The van der Waals surface area contributed by atoms with Crippen molar-refractivity contribution in [1.29, 1.82) is 0 Å². The van der Waals surface area contributed by atoms with Crippen molar-refractivity contribution >= 4 is 9.84 Å². The zero-order valence-electron chi connectivity index (χ0n) is 11.7. The largest absolute Gasteiger partial charge is 0.437 e. The lowest BCUT2D eigenvalue weighted by Crippen LogP contribution is -2.14. The second-order valence-corrected chi connectivity index (χ2v) is 7.16. The molecule has 0 amide bonds. The smallest absolute Gasteiger partial charge is 0.364 e. The van der Waals surface area contributed by atoms with Gasteiger partial charge in [0.25, 0.3) is 0 Å². The third-order valence-corrected chi connectivity index (χ3v) is 4.39. The minimum atomic E-state index is -4.77. The van der Waals surface area contributed by atoms with Crippen LogP contribution in [0, 0.1) is 0 Å². The number of sulfone groups is 1. The molecular formula is C12H13F3N2O4S. The summed E-state index contributed by atoms with van der Waals surface area (Å²) in [6.07, 6.45) is -2.89. The predicted molar refractivity (Wildman–Crippen MR) is 68.4 cm³/mol. The number of aromatic nitrogens is 2. The Morgan fingerprint density at radius 2 is 1.64 bits per heavy atom. The van der Waals surface area contributed by atoms with Crippen molar-refractivity contribution in [3.05, 3.63) is 35.0 Å². The van der Waals surface area contributed by atoms with Crippen LogP contribution in [-0.4, -0.2) is 18.7 Å². The Bertz CT molecular complexity index is 747. The van der Waals surface area contributed by atoms with Gasteiger partial charge in [0.15, 0.2) is 15.5 Å². The molecular weight excluding hydrogens is 325 g/mol. The van der Waals surface area contributed by atoms with Gasteiger partial charge >= 0.3 is 6.18 Å². The highest BCUT2D eigenvalue weighted by molar-refractivity contribution is 7.89. The van der Waals surface area contributed by atoms with E-state index in [0.29, 0.717) is 17.5 Å². The Morgan fingerprint density at radius 3 is 2.23 bits per heavy atom. The Kier molecular flexibility index (Phi) is 4.32. The molecule has 0 aliphatic rings. The number of alkyl halides is 3. The molecule has 22 heavy (non-hydrogen) atoms. The van der Waals surface area contributed by atoms with Gasteiger partial charge in [0.2, 0.25) is 0 Å². The number of hydrogen-bond donors (Lipinski definition) is 0. The van der Waals surface area contributed by atoms with Crippen LogP contribution >= 0.6 is 0 Å². The molecule has 0 saturated heterocycles. The van der Waals surface area contributed by atoms with Crippen molar-refractivity contribution in [3.8, 4) is 0 Å². The van der Waals surface area contributed by atoms with Crippen molar-refractivity contribution in [2.75, 3.05) is 0 Å². The van der Waals surface area contributed by atoms with E-state index in [9.17, 15) is 21.6 Å². The van der Waals surface area contributed by atoms with Gasteiger partial charge in [-0.15, -0.1) is 0 Å². The molecule has 0 bridgehead atoms.